The van der Waals surface area contributed by atoms with E-state index in [9.17, 15) is 22.8 Å². The van der Waals surface area contributed by atoms with Gasteiger partial charge in [0.05, 0.1) is 22.0 Å². The lowest BCUT2D eigenvalue weighted by molar-refractivity contribution is -0.145. The summed E-state index contributed by atoms with van der Waals surface area (Å²) in [5.41, 5.74) is 1.11. The van der Waals surface area contributed by atoms with Crippen LogP contribution in [0.3, 0.4) is 0 Å². The molecule has 1 aromatic carbocycles. The first kappa shape index (κ1) is 26.2. The van der Waals surface area contributed by atoms with Crippen LogP contribution < -0.4 is 10.6 Å². The summed E-state index contributed by atoms with van der Waals surface area (Å²) >= 11 is 9.60. The molecule has 0 saturated heterocycles. The molecule has 37 heavy (non-hydrogen) atoms. The number of anilines is 1. The van der Waals surface area contributed by atoms with Crippen molar-refractivity contribution in [3.8, 4) is 5.82 Å². The van der Waals surface area contributed by atoms with Crippen molar-refractivity contribution in [2.24, 2.45) is 0 Å². The number of rotatable bonds is 6. The number of nitrogens with one attached hydrogen (secondary N) is 2. The Kier molecular flexibility index (Phi) is 7.27. The highest BCUT2D eigenvalue weighted by molar-refractivity contribution is 9.10. The molecule has 2 N–H and O–H groups in total. The van der Waals surface area contributed by atoms with Crippen LogP contribution in [0.4, 0.5) is 18.9 Å². The predicted molar refractivity (Wildman–Crippen MR) is 129 cm³/mol. The summed E-state index contributed by atoms with van der Waals surface area (Å²) in [6, 6.07) is 7.70. The number of amides is 2. The quantitative estimate of drug-likeness (QED) is 0.346. The van der Waals surface area contributed by atoms with E-state index in [1.165, 1.54) is 25.4 Å². The highest BCUT2D eigenvalue weighted by Gasteiger charge is 2.37. The summed E-state index contributed by atoms with van der Waals surface area (Å²) in [6.45, 7) is 1.38. The van der Waals surface area contributed by atoms with Crippen molar-refractivity contribution in [2.75, 3.05) is 12.4 Å². The summed E-state index contributed by atoms with van der Waals surface area (Å²) in [5, 5.41) is 19.4. The normalized spacial score (nSPS) is 11.4. The molecule has 0 fully saturated rings. The zero-order chi connectivity index (χ0) is 26.9. The Morgan fingerprint density at radius 1 is 1.16 bits per heavy atom. The van der Waals surface area contributed by atoms with E-state index in [-0.39, 0.29) is 40.0 Å². The minimum Gasteiger partial charge on any atom is -0.355 e. The van der Waals surface area contributed by atoms with Gasteiger partial charge < -0.3 is 10.6 Å². The Hall–Kier alpha value is -3.85. The monoisotopic (exact) mass is 597 g/mol. The molecule has 0 spiro atoms. The van der Waals surface area contributed by atoms with Gasteiger partial charge in [-0.15, -0.1) is 10.2 Å². The summed E-state index contributed by atoms with van der Waals surface area (Å²) < 4.78 is 40.3. The van der Waals surface area contributed by atoms with Crippen LogP contribution in [0.25, 0.3) is 5.82 Å². The number of pyridine rings is 1. The maximum Gasteiger partial charge on any atom is 0.455 e. The lowest BCUT2D eigenvalue weighted by Crippen LogP contribution is -2.23. The van der Waals surface area contributed by atoms with Gasteiger partial charge in [0.15, 0.2) is 5.82 Å². The molecule has 3 heterocycles. The largest absolute Gasteiger partial charge is 0.455 e. The predicted octanol–water partition coefficient (Wildman–Crippen LogP) is 3.66. The zero-order valence-corrected chi connectivity index (χ0v) is 21.3. The summed E-state index contributed by atoms with van der Waals surface area (Å²) in [5.74, 6) is -2.43. The van der Waals surface area contributed by atoms with Crippen molar-refractivity contribution >= 4 is 45.0 Å². The number of aromatic nitrogens is 7. The molecular formula is C21H16BrClF3N9O2. The number of alkyl halides is 3. The molecule has 2 amide bonds. The van der Waals surface area contributed by atoms with E-state index >= 15 is 0 Å². The van der Waals surface area contributed by atoms with E-state index in [2.05, 4.69) is 52.1 Å². The second kappa shape index (κ2) is 10.3. The minimum atomic E-state index is -4.77. The van der Waals surface area contributed by atoms with Gasteiger partial charge in [0.25, 0.3) is 17.6 Å². The molecule has 4 aromatic rings. The number of tetrazole rings is 1. The molecule has 16 heteroatoms. The maximum absolute atomic E-state index is 13.4. The summed E-state index contributed by atoms with van der Waals surface area (Å²) in [4.78, 5) is 30.7. The Bertz CT molecular complexity index is 1500. The fourth-order valence-corrected chi connectivity index (χ4v) is 4.11. The Morgan fingerprint density at radius 2 is 1.92 bits per heavy atom. The first-order chi connectivity index (χ1) is 17.5. The highest BCUT2D eigenvalue weighted by atomic mass is 79.9. The number of carbonyl (C=O) groups is 2. The van der Waals surface area contributed by atoms with E-state index < -0.39 is 23.8 Å². The van der Waals surface area contributed by atoms with Gasteiger partial charge in [-0.25, -0.2) is 9.67 Å². The molecule has 0 aliphatic carbocycles. The zero-order valence-electron chi connectivity index (χ0n) is 19.0. The van der Waals surface area contributed by atoms with E-state index in [4.69, 9.17) is 11.6 Å². The summed E-state index contributed by atoms with van der Waals surface area (Å²) in [7, 11) is 1.46. The van der Waals surface area contributed by atoms with Crippen LogP contribution in [0.2, 0.25) is 5.02 Å². The van der Waals surface area contributed by atoms with E-state index in [0.717, 1.165) is 4.68 Å². The molecule has 0 bridgehead atoms. The third-order valence-corrected chi connectivity index (χ3v) is 5.71. The van der Waals surface area contributed by atoms with Gasteiger partial charge in [-0.05, 0) is 48.0 Å². The van der Waals surface area contributed by atoms with Crippen LogP contribution in [0.1, 0.15) is 37.9 Å². The van der Waals surface area contributed by atoms with Crippen molar-refractivity contribution < 1.29 is 22.8 Å². The maximum atomic E-state index is 13.4. The van der Waals surface area contributed by atoms with Gasteiger partial charge in [-0.2, -0.15) is 23.1 Å². The molecule has 11 nitrogen and oxygen atoms in total. The van der Waals surface area contributed by atoms with Gasteiger partial charge >= 0.3 is 6.18 Å². The van der Waals surface area contributed by atoms with Crippen LogP contribution in [0.5, 0.6) is 0 Å². The van der Waals surface area contributed by atoms with Crippen LogP contribution in [0.15, 0.2) is 41.0 Å². The smallest absolute Gasteiger partial charge is 0.355 e. The van der Waals surface area contributed by atoms with Crippen molar-refractivity contribution in [1.29, 1.82) is 0 Å². The van der Waals surface area contributed by atoms with Gasteiger partial charge in [0.1, 0.15) is 12.2 Å². The average Bonchev–Trinajstić information content (AvgIpc) is 3.48. The van der Waals surface area contributed by atoms with Gasteiger partial charge in [-0.3, -0.25) is 9.59 Å². The van der Waals surface area contributed by atoms with Crippen molar-refractivity contribution in [2.45, 2.75) is 19.6 Å². The molecule has 4 rings (SSSR count). The highest BCUT2D eigenvalue weighted by Crippen LogP contribution is 2.28. The van der Waals surface area contributed by atoms with Crippen molar-refractivity contribution in [1.82, 2.24) is 40.3 Å². The van der Waals surface area contributed by atoms with Crippen LogP contribution in [-0.4, -0.2) is 53.8 Å². The lowest BCUT2D eigenvalue weighted by atomic mass is 10.1. The average molecular weight is 599 g/mol. The first-order valence-electron chi connectivity index (χ1n) is 10.4. The number of benzene rings is 1. The molecule has 0 saturated carbocycles. The van der Waals surface area contributed by atoms with Gasteiger partial charge in [0.2, 0.25) is 0 Å². The Morgan fingerprint density at radius 3 is 2.57 bits per heavy atom. The molecule has 3 aromatic heterocycles. The molecular weight excluding hydrogens is 583 g/mol. The van der Waals surface area contributed by atoms with Crippen LogP contribution >= 0.6 is 27.5 Å². The lowest BCUT2D eigenvalue weighted by Gasteiger charge is -2.14. The Labute approximate surface area is 220 Å². The molecule has 192 valence electrons. The second-order valence-electron chi connectivity index (χ2n) is 7.56. The molecule has 0 aliphatic heterocycles. The van der Waals surface area contributed by atoms with Crippen LogP contribution in [0, 0.1) is 6.92 Å². The van der Waals surface area contributed by atoms with Gasteiger partial charge in [0, 0.05) is 17.7 Å². The van der Waals surface area contributed by atoms with E-state index in [1.807, 2.05) is 0 Å². The van der Waals surface area contributed by atoms with E-state index in [1.54, 1.807) is 25.1 Å². The van der Waals surface area contributed by atoms with E-state index in [0.29, 0.717) is 14.8 Å². The number of hydrogen-bond acceptors (Lipinski definition) is 7. The van der Waals surface area contributed by atoms with Gasteiger partial charge in [-0.1, -0.05) is 27.5 Å². The summed E-state index contributed by atoms with van der Waals surface area (Å²) in [6.07, 6.45) is -3.34. The number of aryl methyl sites for hydroxylation is 1. The molecule has 0 radical (unpaired) electrons. The first-order valence-corrected chi connectivity index (χ1v) is 11.5. The molecule has 0 unspecified atom stereocenters. The number of halogens is 5. The SMILES string of the molecule is CNC(=O)c1cc(Br)cc(C)c1NC(=O)c1cc(Cn2nnc(C(F)(F)F)n2)nn1-c1ncccc1Cl. The standard InChI is InChI=1S/C21H16BrClF3N9O2/c1-10-6-11(22)7-13(18(36)27-2)16(10)29-19(37)15-8-12(9-34-32-20(30-33-34)21(24,25)26)31-35(15)17-14(23)4-3-5-28-17/h3-8H,9H2,1-2H3,(H,27,36)(H,29,37). The van der Waals surface area contributed by atoms with Crippen LogP contribution in [-0.2, 0) is 12.7 Å². The third kappa shape index (κ3) is 5.61. The fraction of sp³-hybridized carbons (Fsp3) is 0.190. The third-order valence-electron chi connectivity index (χ3n) is 4.95. The Balaban J connectivity index is 1.75. The van der Waals surface area contributed by atoms with Crippen molar-refractivity contribution in [3.05, 3.63) is 74.4 Å². The molecule has 0 atom stereocenters. The topological polar surface area (TPSA) is 133 Å². The second-order valence-corrected chi connectivity index (χ2v) is 8.88. The van der Waals surface area contributed by atoms with Crippen molar-refractivity contribution in [3.63, 3.8) is 0 Å². The number of carbonyl (C=O) groups excluding carboxylic acids is 2. The molecule has 0 aliphatic rings. The minimum absolute atomic E-state index is 0.0584. The fourth-order valence-electron chi connectivity index (χ4n) is 3.33. The number of hydrogen-bond donors (Lipinski definition) is 2. The number of nitrogens with zero attached hydrogens (tertiary/aromatic N) is 7.